The number of rotatable bonds is 7. The Bertz CT molecular complexity index is 187. The molecule has 3 nitrogen and oxygen atoms in total. The van der Waals surface area contributed by atoms with E-state index in [-0.39, 0.29) is 11.8 Å². The average Bonchev–Trinajstić information content (AvgIpc) is 2.12. The van der Waals surface area contributed by atoms with E-state index in [1.807, 2.05) is 0 Å². The summed E-state index contributed by atoms with van der Waals surface area (Å²) < 4.78 is 4.84. The molecule has 0 aromatic rings. The van der Waals surface area contributed by atoms with Gasteiger partial charge in [-0.1, -0.05) is 26.2 Å². The van der Waals surface area contributed by atoms with Crippen molar-refractivity contribution in [1.29, 1.82) is 0 Å². The summed E-state index contributed by atoms with van der Waals surface area (Å²) in [5.41, 5.74) is 0. The molecule has 0 spiro atoms. The maximum Gasteiger partial charge on any atom is 0.316 e. The topological polar surface area (TPSA) is 43.4 Å². The molecule has 0 heterocycles. The lowest BCUT2D eigenvalue weighted by molar-refractivity contribution is -0.151. The van der Waals surface area contributed by atoms with Gasteiger partial charge in [-0.05, 0) is 20.3 Å². The zero-order chi connectivity index (χ0) is 11.0. The van der Waals surface area contributed by atoms with Gasteiger partial charge < -0.3 is 4.74 Å². The van der Waals surface area contributed by atoms with Crippen LogP contribution in [0.4, 0.5) is 0 Å². The zero-order valence-electron chi connectivity index (χ0n) is 9.34. The molecular weight excluding hydrogens is 180 g/mol. The summed E-state index contributed by atoms with van der Waals surface area (Å²) in [5, 5.41) is 0. The summed E-state index contributed by atoms with van der Waals surface area (Å²) in [4.78, 5) is 22.5. The Morgan fingerprint density at radius 3 is 2.29 bits per heavy atom. The van der Waals surface area contributed by atoms with Crippen LogP contribution >= 0.6 is 0 Å². The predicted octanol–water partition coefficient (Wildman–Crippen LogP) is 2.33. The van der Waals surface area contributed by atoms with Crippen LogP contribution in [0.5, 0.6) is 0 Å². The summed E-state index contributed by atoms with van der Waals surface area (Å²) in [6.45, 7) is 5.64. The fraction of sp³-hybridized carbons (Fsp3) is 0.818. The Labute approximate surface area is 85.8 Å². The van der Waals surface area contributed by atoms with Crippen LogP contribution in [0.1, 0.15) is 46.5 Å². The van der Waals surface area contributed by atoms with E-state index < -0.39 is 5.92 Å². The summed E-state index contributed by atoms with van der Waals surface area (Å²) in [7, 11) is 0. The average molecular weight is 200 g/mol. The van der Waals surface area contributed by atoms with Crippen LogP contribution in [0.25, 0.3) is 0 Å². The first kappa shape index (κ1) is 13.1. The molecule has 1 atom stereocenters. The molecule has 3 heteroatoms. The summed E-state index contributed by atoms with van der Waals surface area (Å²) in [6.07, 6.45) is 3.69. The highest BCUT2D eigenvalue weighted by molar-refractivity contribution is 5.97. The Morgan fingerprint density at radius 2 is 1.86 bits per heavy atom. The number of ketones is 1. The molecule has 0 bridgehead atoms. The largest absolute Gasteiger partial charge is 0.465 e. The standard InChI is InChI=1S/C11H20O3/c1-4-6-7-8-10(9(3)12)11(13)14-5-2/h10H,4-8H2,1-3H3/t10-/m1/s1. The first-order valence-electron chi connectivity index (χ1n) is 5.30. The quantitative estimate of drug-likeness (QED) is 0.360. The van der Waals surface area contributed by atoms with Gasteiger partial charge in [-0.2, -0.15) is 0 Å². The summed E-state index contributed by atoms with van der Waals surface area (Å²) >= 11 is 0. The van der Waals surface area contributed by atoms with Crippen LogP contribution in [0.3, 0.4) is 0 Å². The molecule has 0 fully saturated rings. The van der Waals surface area contributed by atoms with Crippen molar-refractivity contribution in [2.24, 2.45) is 5.92 Å². The monoisotopic (exact) mass is 200 g/mol. The second kappa shape index (κ2) is 7.54. The Kier molecular flexibility index (Phi) is 7.07. The van der Waals surface area contributed by atoms with Gasteiger partial charge in [-0.25, -0.2) is 0 Å². The number of hydrogen-bond donors (Lipinski definition) is 0. The molecular formula is C11H20O3. The van der Waals surface area contributed by atoms with Crippen LogP contribution in [0.2, 0.25) is 0 Å². The van der Waals surface area contributed by atoms with Gasteiger partial charge in [-0.3, -0.25) is 9.59 Å². The lowest BCUT2D eigenvalue weighted by Gasteiger charge is -2.11. The third-order valence-electron chi connectivity index (χ3n) is 2.16. The van der Waals surface area contributed by atoms with Crippen LogP contribution < -0.4 is 0 Å². The molecule has 0 amide bonds. The predicted molar refractivity (Wildman–Crippen MR) is 54.9 cm³/mol. The van der Waals surface area contributed by atoms with Crippen molar-refractivity contribution >= 4 is 11.8 Å². The van der Waals surface area contributed by atoms with Crippen LogP contribution in [-0.2, 0) is 14.3 Å². The number of ether oxygens (including phenoxy) is 1. The Balaban J connectivity index is 4.01. The Hall–Kier alpha value is -0.860. The molecule has 0 saturated heterocycles. The van der Waals surface area contributed by atoms with E-state index in [1.165, 1.54) is 6.92 Å². The number of Topliss-reactive ketones (excluding diaryl/α,β-unsaturated/α-hetero) is 1. The molecule has 0 saturated carbocycles. The number of unbranched alkanes of at least 4 members (excludes halogenated alkanes) is 2. The van der Waals surface area contributed by atoms with Crippen molar-refractivity contribution in [3.05, 3.63) is 0 Å². The minimum Gasteiger partial charge on any atom is -0.465 e. The van der Waals surface area contributed by atoms with E-state index >= 15 is 0 Å². The van der Waals surface area contributed by atoms with Crippen molar-refractivity contribution in [3.8, 4) is 0 Å². The zero-order valence-corrected chi connectivity index (χ0v) is 9.34. The van der Waals surface area contributed by atoms with Crippen molar-refractivity contribution < 1.29 is 14.3 Å². The van der Waals surface area contributed by atoms with E-state index in [0.29, 0.717) is 13.0 Å². The number of carbonyl (C=O) groups excluding carboxylic acids is 2. The molecule has 0 aliphatic rings. The van der Waals surface area contributed by atoms with Gasteiger partial charge in [0, 0.05) is 0 Å². The molecule has 0 unspecified atom stereocenters. The molecule has 0 aliphatic heterocycles. The first-order valence-corrected chi connectivity index (χ1v) is 5.30. The van der Waals surface area contributed by atoms with Crippen LogP contribution in [-0.4, -0.2) is 18.4 Å². The molecule has 0 aromatic heterocycles. The van der Waals surface area contributed by atoms with Crippen molar-refractivity contribution in [1.82, 2.24) is 0 Å². The fourth-order valence-corrected chi connectivity index (χ4v) is 1.33. The molecule has 82 valence electrons. The molecule has 14 heavy (non-hydrogen) atoms. The van der Waals surface area contributed by atoms with Crippen molar-refractivity contribution in [3.63, 3.8) is 0 Å². The van der Waals surface area contributed by atoms with E-state index in [2.05, 4.69) is 6.92 Å². The van der Waals surface area contributed by atoms with Gasteiger partial charge in [0.05, 0.1) is 6.61 Å². The van der Waals surface area contributed by atoms with Crippen LogP contribution in [0.15, 0.2) is 0 Å². The SMILES string of the molecule is CCCCC[C@H](C(C)=O)C(=O)OCC. The van der Waals surface area contributed by atoms with Gasteiger partial charge in [0.1, 0.15) is 11.7 Å². The van der Waals surface area contributed by atoms with Gasteiger partial charge in [0.2, 0.25) is 0 Å². The maximum atomic E-state index is 11.3. The van der Waals surface area contributed by atoms with E-state index in [0.717, 1.165) is 19.3 Å². The maximum absolute atomic E-state index is 11.3. The van der Waals surface area contributed by atoms with Crippen LogP contribution in [0, 0.1) is 5.92 Å². The van der Waals surface area contributed by atoms with E-state index in [9.17, 15) is 9.59 Å². The van der Waals surface area contributed by atoms with Gasteiger partial charge in [0.15, 0.2) is 0 Å². The number of esters is 1. The van der Waals surface area contributed by atoms with E-state index in [4.69, 9.17) is 4.74 Å². The van der Waals surface area contributed by atoms with Crippen molar-refractivity contribution in [2.75, 3.05) is 6.61 Å². The lowest BCUT2D eigenvalue weighted by Crippen LogP contribution is -2.24. The second-order valence-corrected chi connectivity index (χ2v) is 3.41. The highest BCUT2D eigenvalue weighted by Crippen LogP contribution is 2.12. The normalized spacial score (nSPS) is 12.2. The second-order valence-electron chi connectivity index (χ2n) is 3.41. The molecule has 0 rings (SSSR count). The summed E-state index contributed by atoms with van der Waals surface area (Å²) in [5.74, 6) is -0.989. The number of hydrogen-bond acceptors (Lipinski definition) is 3. The highest BCUT2D eigenvalue weighted by atomic mass is 16.5. The van der Waals surface area contributed by atoms with Gasteiger partial charge in [0.25, 0.3) is 0 Å². The van der Waals surface area contributed by atoms with Gasteiger partial charge >= 0.3 is 5.97 Å². The van der Waals surface area contributed by atoms with Crippen molar-refractivity contribution in [2.45, 2.75) is 46.5 Å². The summed E-state index contributed by atoms with van der Waals surface area (Å²) in [6, 6.07) is 0. The molecule has 0 aliphatic carbocycles. The third kappa shape index (κ3) is 5.00. The highest BCUT2D eigenvalue weighted by Gasteiger charge is 2.23. The fourth-order valence-electron chi connectivity index (χ4n) is 1.33. The smallest absolute Gasteiger partial charge is 0.316 e. The van der Waals surface area contributed by atoms with E-state index in [1.54, 1.807) is 6.92 Å². The minimum absolute atomic E-state index is 0.0837. The molecule has 0 aromatic carbocycles. The molecule has 0 N–H and O–H groups in total. The lowest BCUT2D eigenvalue weighted by atomic mass is 9.98. The van der Waals surface area contributed by atoms with Gasteiger partial charge in [-0.15, -0.1) is 0 Å². The number of carbonyl (C=O) groups is 2. The molecule has 0 radical (unpaired) electrons. The third-order valence-corrected chi connectivity index (χ3v) is 2.16. The first-order chi connectivity index (χ1) is 6.63. The Morgan fingerprint density at radius 1 is 1.21 bits per heavy atom. The minimum atomic E-state index is -0.540.